The molecule has 78 valence electrons. The minimum atomic E-state index is -0.0342. The van der Waals surface area contributed by atoms with Gasteiger partial charge >= 0.3 is 0 Å². The molecule has 0 aliphatic rings. The first-order valence-electron chi connectivity index (χ1n) is 4.95. The van der Waals surface area contributed by atoms with Crippen LogP contribution in [0.2, 0.25) is 0 Å². The average molecular weight is 203 g/mol. The highest BCUT2D eigenvalue weighted by atomic mass is 16.3. The molecule has 0 spiro atoms. The molecule has 0 saturated heterocycles. The number of para-hydroxylation sites is 1. The van der Waals surface area contributed by atoms with Gasteiger partial charge in [-0.05, 0) is 25.1 Å². The molecular weight excluding hydrogens is 190 g/mol. The van der Waals surface area contributed by atoms with Crippen LogP contribution in [-0.2, 0) is 0 Å². The molecule has 0 unspecified atom stereocenters. The van der Waals surface area contributed by atoms with Gasteiger partial charge in [-0.15, -0.1) is 0 Å². The molecule has 1 heterocycles. The van der Waals surface area contributed by atoms with E-state index in [9.17, 15) is 4.79 Å². The van der Waals surface area contributed by atoms with E-state index in [0.717, 1.165) is 16.5 Å². The summed E-state index contributed by atoms with van der Waals surface area (Å²) in [6.07, 6.45) is 0.332. The summed E-state index contributed by atoms with van der Waals surface area (Å²) < 4.78 is 5.51. The molecule has 0 atom stereocenters. The largest absolute Gasteiger partial charge is 0.453 e. The third-order valence-electron chi connectivity index (χ3n) is 2.39. The van der Waals surface area contributed by atoms with Crippen molar-refractivity contribution >= 4 is 16.8 Å². The number of carbonyl (C=O) groups is 1. The number of furan rings is 1. The van der Waals surface area contributed by atoms with Crippen molar-refractivity contribution in [1.82, 2.24) is 0 Å². The number of hydrogen-bond donors (Lipinski definition) is 1. The van der Waals surface area contributed by atoms with Gasteiger partial charge in [0.25, 0.3) is 0 Å². The van der Waals surface area contributed by atoms with Crippen LogP contribution in [0.4, 0.5) is 0 Å². The van der Waals surface area contributed by atoms with Gasteiger partial charge in [0.15, 0.2) is 11.5 Å². The van der Waals surface area contributed by atoms with Crippen molar-refractivity contribution in [2.75, 3.05) is 6.54 Å². The van der Waals surface area contributed by atoms with Gasteiger partial charge in [0.05, 0.1) is 0 Å². The summed E-state index contributed by atoms with van der Waals surface area (Å²) in [5, 5.41) is 0.968. The first kappa shape index (κ1) is 9.93. The summed E-state index contributed by atoms with van der Waals surface area (Å²) in [5.41, 5.74) is 7.16. The Balaban J connectivity index is 2.47. The molecule has 2 aromatic rings. The molecule has 0 amide bonds. The summed E-state index contributed by atoms with van der Waals surface area (Å²) in [6.45, 7) is 2.32. The molecule has 15 heavy (non-hydrogen) atoms. The number of nitrogens with two attached hydrogens (primary N) is 1. The van der Waals surface area contributed by atoms with Crippen LogP contribution in [0.25, 0.3) is 11.0 Å². The third-order valence-corrected chi connectivity index (χ3v) is 2.39. The zero-order valence-electron chi connectivity index (χ0n) is 8.62. The smallest absolute Gasteiger partial charge is 0.199 e. The fourth-order valence-electron chi connectivity index (χ4n) is 1.60. The van der Waals surface area contributed by atoms with Gasteiger partial charge in [-0.25, -0.2) is 0 Å². The molecule has 0 aliphatic carbocycles. The third kappa shape index (κ3) is 1.78. The van der Waals surface area contributed by atoms with E-state index in [1.165, 1.54) is 0 Å². The monoisotopic (exact) mass is 203 g/mol. The Morgan fingerprint density at radius 2 is 2.27 bits per heavy atom. The maximum absolute atomic E-state index is 11.6. The van der Waals surface area contributed by atoms with Crippen molar-refractivity contribution in [2.45, 2.75) is 13.3 Å². The standard InChI is InChI=1S/C12H13NO2/c1-8-3-2-4-9-7-11(15-12(8)9)10(14)5-6-13/h2-4,7H,5-6,13H2,1H3. The number of benzene rings is 1. The number of carbonyl (C=O) groups excluding carboxylic acids is 1. The minimum absolute atomic E-state index is 0.0342. The zero-order valence-corrected chi connectivity index (χ0v) is 8.62. The van der Waals surface area contributed by atoms with Gasteiger partial charge in [-0.1, -0.05) is 18.2 Å². The number of ketones is 1. The molecule has 3 heteroatoms. The molecule has 0 bridgehead atoms. The Labute approximate surface area is 87.9 Å². The molecule has 2 N–H and O–H groups in total. The molecule has 0 fully saturated rings. The molecule has 2 rings (SSSR count). The number of Topliss-reactive ketones (excluding diaryl/α,β-unsaturated/α-hetero) is 1. The average Bonchev–Trinajstić information content (AvgIpc) is 2.63. The first-order chi connectivity index (χ1) is 7.22. The summed E-state index contributed by atoms with van der Waals surface area (Å²) >= 11 is 0. The van der Waals surface area contributed by atoms with E-state index in [1.54, 1.807) is 6.07 Å². The SMILES string of the molecule is Cc1cccc2cc(C(=O)CCN)oc12. The lowest BCUT2D eigenvalue weighted by Crippen LogP contribution is -2.06. The number of hydrogen-bond acceptors (Lipinski definition) is 3. The zero-order chi connectivity index (χ0) is 10.8. The van der Waals surface area contributed by atoms with Gasteiger partial charge in [0, 0.05) is 11.8 Å². The molecule has 0 aliphatic heterocycles. The summed E-state index contributed by atoms with van der Waals surface area (Å²) in [6, 6.07) is 7.62. The number of fused-ring (bicyclic) bond motifs is 1. The topological polar surface area (TPSA) is 56.2 Å². The van der Waals surface area contributed by atoms with Crippen molar-refractivity contribution in [2.24, 2.45) is 5.73 Å². The van der Waals surface area contributed by atoms with E-state index < -0.39 is 0 Å². The van der Waals surface area contributed by atoms with Gasteiger partial charge in [0.2, 0.25) is 0 Å². The van der Waals surface area contributed by atoms with Crippen molar-refractivity contribution in [1.29, 1.82) is 0 Å². The Kier molecular flexibility index (Phi) is 2.56. The van der Waals surface area contributed by atoms with Crippen LogP contribution >= 0.6 is 0 Å². The van der Waals surface area contributed by atoms with E-state index in [2.05, 4.69) is 0 Å². The van der Waals surface area contributed by atoms with Gasteiger partial charge in [-0.3, -0.25) is 4.79 Å². The highest BCUT2D eigenvalue weighted by Crippen LogP contribution is 2.23. The fourth-order valence-corrected chi connectivity index (χ4v) is 1.60. The Bertz CT molecular complexity index is 499. The molecule has 0 saturated carbocycles. The van der Waals surface area contributed by atoms with Crippen LogP contribution in [0.3, 0.4) is 0 Å². The van der Waals surface area contributed by atoms with E-state index in [1.807, 2.05) is 25.1 Å². The summed E-state index contributed by atoms with van der Waals surface area (Å²) in [5.74, 6) is 0.373. The van der Waals surface area contributed by atoms with Crippen LogP contribution in [0.5, 0.6) is 0 Å². The Morgan fingerprint density at radius 3 is 2.93 bits per heavy atom. The first-order valence-corrected chi connectivity index (χ1v) is 4.95. The van der Waals surface area contributed by atoms with Gasteiger partial charge in [-0.2, -0.15) is 0 Å². The van der Waals surface area contributed by atoms with Crippen molar-refractivity contribution in [3.05, 3.63) is 35.6 Å². The molecule has 3 nitrogen and oxygen atoms in total. The molecule has 1 aromatic carbocycles. The van der Waals surface area contributed by atoms with Crippen LogP contribution in [0, 0.1) is 6.92 Å². The quantitative estimate of drug-likeness (QED) is 0.778. The maximum atomic E-state index is 11.6. The second-order valence-electron chi connectivity index (χ2n) is 3.57. The Hall–Kier alpha value is -1.61. The fraction of sp³-hybridized carbons (Fsp3) is 0.250. The summed E-state index contributed by atoms with van der Waals surface area (Å²) in [4.78, 5) is 11.6. The van der Waals surface area contributed by atoms with Crippen molar-refractivity contribution in [3.63, 3.8) is 0 Å². The second kappa shape index (κ2) is 3.87. The van der Waals surface area contributed by atoms with Gasteiger partial charge < -0.3 is 10.2 Å². The van der Waals surface area contributed by atoms with E-state index in [4.69, 9.17) is 10.2 Å². The van der Waals surface area contributed by atoms with Crippen LogP contribution in [0.15, 0.2) is 28.7 Å². The van der Waals surface area contributed by atoms with E-state index in [-0.39, 0.29) is 5.78 Å². The predicted molar refractivity (Wildman–Crippen MR) is 59.0 cm³/mol. The molecular formula is C12H13NO2. The van der Waals surface area contributed by atoms with Gasteiger partial charge in [0.1, 0.15) is 5.58 Å². The number of aryl methyl sites for hydroxylation is 1. The van der Waals surface area contributed by atoms with Crippen LogP contribution in [0.1, 0.15) is 22.5 Å². The lowest BCUT2D eigenvalue weighted by Gasteiger charge is -1.93. The highest BCUT2D eigenvalue weighted by Gasteiger charge is 2.11. The maximum Gasteiger partial charge on any atom is 0.199 e. The van der Waals surface area contributed by atoms with Crippen LogP contribution < -0.4 is 5.73 Å². The van der Waals surface area contributed by atoms with Crippen molar-refractivity contribution < 1.29 is 9.21 Å². The van der Waals surface area contributed by atoms with E-state index >= 15 is 0 Å². The number of rotatable bonds is 3. The van der Waals surface area contributed by atoms with E-state index in [0.29, 0.717) is 18.7 Å². The normalized spacial score (nSPS) is 10.8. The lowest BCUT2D eigenvalue weighted by molar-refractivity contribution is 0.0961. The minimum Gasteiger partial charge on any atom is -0.453 e. The lowest BCUT2D eigenvalue weighted by atomic mass is 10.1. The predicted octanol–water partition coefficient (Wildman–Crippen LogP) is 2.27. The molecule has 0 radical (unpaired) electrons. The molecule has 1 aromatic heterocycles. The highest BCUT2D eigenvalue weighted by molar-refractivity contribution is 5.98. The van der Waals surface area contributed by atoms with Crippen molar-refractivity contribution in [3.8, 4) is 0 Å². The Morgan fingerprint density at radius 1 is 1.47 bits per heavy atom. The van der Waals surface area contributed by atoms with Crippen LogP contribution in [-0.4, -0.2) is 12.3 Å². The second-order valence-corrected chi connectivity index (χ2v) is 3.57. The summed E-state index contributed by atoms with van der Waals surface area (Å²) in [7, 11) is 0.